The van der Waals surface area contributed by atoms with Gasteiger partial charge in [0.15, 0.2) is 0 Å². The van der Waals surface area contributed by atoms with Crippen LogP contribution in [0, 0.1) is 0 Å². The predicted octanol–water partition coefficient (Wildman–Crippen LogP) is 2.32. The van der Waals surface area contributed by atoms with Gasteiger partial charge in [-0.15, -0.1) is 0 Å². The Morgan fingerprint density at radius 3 is 2.65 bits per heavy atom. The minimum atomic E-state index is -0.378. The number of hydrogen-bond donors (Lipinski definition) is 2. The first kappa shape index (κ1) is 17.3. The molecule has 5 nitrogen and oxygen atoms in total. The summed E-state index contributed by atoms with van der Waals surface area (Å²) in [6.07, 6.45) is 4.50. The van der Waals surface area contributed by atoms with Gasteiger partial charge >= 0.3 is 6.03 Å². The molecule has 1 aliphatic rings. The van der Waals surface area contributed by atoms with E-state index in [9.17, 15) is 9.59 Å². The molecule has 3 amide bonds. The van der Waals surface area contributed by atoms with Crippen LogP contribution in [-0.4, -0.2) is 42.5 Å². The van der Waals surface area contributed by atoms with Crippen LogP contribution in [0.5, 0.6) is 0 Å². The van der Waals surface area contributed by atoms with E-state index in [1.165, 1.54) is 5.56 Å². The van der Waals surface area contributed by atoms with Crippen molar-refractivity contribution < 1.29 is 9.59 Å². The van der Waals surface area contributed by atoms with Gasteiger partial charge in [-0.1, -0.05) is 43.7 Å². The van der Waals surface area contributed by atoms with E-state index in [2.05, 4.69) is 29.7 Å². The lowest BCUT2D eigenvalue weighted by Gasteiger charge is -2.20. The highest BCUT2D eigenvalue weighted by Gasteiger charge is 2.30. The molecule has 23 heavy (non-hydrogen) atoms. The number of benzene rings is 1. The minimum Gasteiger partial charge on any atom is -0.344 e. The van der Waals surface area contributed by atoms with E-state index in [0.717, 1.165) is 25.7 Å². The number of amides is 3. The van der Waals surface area contributed by atoms with Crippen molar-refractivity contribution in [3.63, 3.8) is 0 Å². The minimum absolute atomic E-state index is 0.00326. The summed E-state index contributed by atoms with van der Waals surface area (Å²) in [4.78, 5) is 25.7. The molecule has 0 aromatic heterocycles. The van der Waals surface area contributed by atoms with Crippen molar-refractivity contribution in [1.82, 2.24) is 15.5 Å². The molecule has 2 unspecified atom stereocenters. The maximum absolute atomic E-state index is 12.2. The van der Waals surface area contributed by atoms with Gasteiger partial charge in [-0.3, -0.25) is 4.79 Å². The molecule has 0 spiro atoms. The first-order valence-electron chi connectivity index (χ1n) is 8.46. The molecule has 0 saturated carbocycles. The number of carbonyl (C=O) groups is 2. The zero-order valence-corrected chi connectivity index (χ0v) is 14.0. The van der Waals surface area contributed by atoms with Crippen LogP contribution in [0.3, 0.4) is 0 Å². The van der Waals surface area contributed by atoms with Crippen LogP contribution < -0.4 is 10.6 Å². The Kier molecular flexibility index (Phi) is 6.44. The summed E-state index contributed by atoms with van der Waals surface area (Å²) in [5, 5.41) is 5.83. The zero-order valence-electron chi connectivity index (χ0n) is 14.0. The van der Waals surface area contributed by atoms with E-state index in [0.29, 0.717) is 13.0 Å². The molecular weight excluding hydrogens is 290 g/mol. The van der Waals surface area contributed by atoms with Crippen LogP contribution in [0.15, 0.2) is 30.3 Å². The van der Waals surface area contributed by atoms with Gasteiger partial charge in [0.25, 0.3) is 0 Å². The van der Waals surface area contributed by atoms with Crippen molar-refractivity contribution in [2.75, 3.05) is 13.6 Å². The highest BCUT2D eigenvalue weighted by Crippen LogP contribution is 2.10. The molecule has 126 valence electrons. The highest BCUT2D eigenvalue weighted by molar-refractivity contribution is 5.88. The van der Waals surface area contributed by atoms with Gasteiger partial charge in [-0.2, -0.15) is 0 Å². The van der Waals surface area contributed by atoms with Crippen LogP contribution in [0.1, 0.15) is 38.2 Å². The molecule has 2 rings (SSSR count). The fraction of sp³-hybridized carbons (Fsp3) is 0.556. The van der Waals surface area contributed by atoms with Crippen LogP contribution in [0.2, 0.25) is 0 Å². The number of likely N-dealkylation sites (tertiary alicyclic amines) is 1. The molecule has 0 radical (unpaired) electrons. The summed E-state index contributed by atoms with van der Waals surface area (Å²) in [6, 6.07) is 9.82. The van der Waals surface area contributed by atoms with Crippen LogP contribution in [0.25, 0.3) is 0 Å². The molecule has 5 heteroatoms. The van der Waals surface area contributed by atoms with E-state index in [1.54, 1.807) is 11.9 Å². The number of nitrogens with zero attached hydrogens (tertiary/aromatic N) is 1. The van der Waals surface area contributed by atoms with Crippen molar-refractivity contribution in [1.29, 1.82) is 0 Å². The largest absolute Gasteiger partial charge is 0.344 e. The summed E-state index contributed by atoms with van der Waals surface area (Å²) in [5.74, 6) is -0.00326. The van der Waals surface area contributed by atoms with Crippen LogP contribution in [0.4, 0.5) is 4.79 Å². The maximum atomic E-state index is 12.2. The van der Waals surface area contributed by atoms with Gasteiger partial charge in [-0.25, -0.2) is 4.79 Å². The van der Waals surface area contributed by atoms with Gasteiger partial charge < -0.3 is 15.5 Å². The van der Waals surface area contributed by atoms with Crippen molar-refractivity contribution >= 4 is 11.9 Å². The zero-order chi connectivity index (χ0) is 16.7. The Labute approximate surface area is 138 Å². The smallest absolute Gasteiger partial charge is 0.315 e. The normalized spacial score (nSPS) is 18.8. The van der Waals surface area contributed by atoms with Gasteiger partial charge in [-0.05, 0) is 31.2 Å². The Morgan fingerprint density at radius 2 is 2.04 bits per heavy atom. The fourth-order valence-corrected chi connectivity index (χ4v) is 2.96. The molecule has 1 aromatic rings. The van der Waals surface area contributed by atoms with Gasteiger partial charge in [0.2, 0.25) is 5.91 Å². The van der Waals surface area contributed by atoms with Gasteiger partial charge in [0, 0.05) is 19.6 Å². The van der Waals surface area contributed by atoms with Gasteiger partial charge in [0.1, 0.15) is 6.04 Å². The lowest BCUT2D eigenvalue weighted by Crippen LogP contribution is -2.48. The SMILES string of the molecule is CCCC(CCc1ccccc1)NC(=O)NC1CCN(C)C1=O. The Hall–Kier alpha value is -2.04. The van der Waals surface area contributed by atoms with Crippen molar-refractivity contribution in [3.05, 3.63) is 35.9 Å². The van der Waals surface area contributed by atoms with Crippen molar-refractivity contribution in [3.8, 4) is 0 Å². The molecule has 0 aliphatic carbocycles. The summed E-state index contributed by atoms with van der Waals surface area (Å²) < 4.78 is 0. The second-order valence-electron chi connectivity index (χ2n) is 6.23. The second kappa shape index (κ2) is 8.56. The number of rotatable bonds is 7. The topological polar surface area (TPSA) is 61.4 Å². The van der Waals surface area contributed by atoms with E-state index in [4.69, 9.17) is 0 Å². The molecule has 1 aromatic carbocycles. The number of urea groups is 1. The third-order valence-electron chi connectivity index (χ3n) is 4.33. The third-order valence-corrected chi connectivity index (χ3v) is 4.33. The van der Waals surface area contributed by atoms with Crippen LogP contribution in [-0.2, 0) is 11.2 Å². The Morgan fingerprint density at radius 1 is 1.30 bits per heavy atom. The first-order valence-corrected chi connectivity index (χ1v) is 8.46. The monoisotopic (exact) mass is 317 g/mol. The number of hydrogen-bond acceptors (Lipinski definition) is 2. The number of carbonyl (C=O) groups excluding carboxylic acids is 2. The van der Waals surface area contributed by atoms with Crippen molar-refractivity contribution in [2.24, 2.45) is 0 Å². The van der Waals surface area contributed by atoms with Crippen molar-refractivity contribution in [2.45, 2.75) is 51.1 Å². The number of likely N-dealkylation sites (N-methyl/N-ethyl adjacent to an activating group) is 1. The molecule has 2 N–H and O–H groups in total. The third kappa shape index (κ3) is 5.27. The van der Waals surface area contributed by atoms with E-state index in [1.807, 2.05) is 18.2 Å². The number of aryl methyl sites for hydroxylation is 1. The van der Waals surface area contributed by atoms with Gasteiger partial charge in [0.05, 0.1) is 0 Å². The lowest BCUT2D eigenvalue weighted by atomic mass is 10.0. The highest BCUT2D eigenvalue weighted by atomic mass is 16.2. The molecule has 1 fully saturated rings. The summed E-state index contributed by atoms with van der Waals surface area (Å²) in [6.45, 7) is 2.82. The average molecular weight is 317 g/mol. The molecule has 0 bridgehead atoms. The summed E-state index contributed by atoms with van der Waals surface area (Å²) >= 11 is 0. The van der Waals surface area contributed by atoms with E-state index in [-0.39, 0.29) is 24.0 Å². The molecule has 1 aliphatic heterocycles. The Bertz CT molecular complexity index is 518. The standard InChI is InChI=1S/C18H27N3O2/c1-3-7-15(11-10-14-8-5-4-6-9-14)19-18(23)20-16-12-13-21(2)17(16)22/h4-6,8-9,15-16H,3,7,10-13H2,1-2H3,(H2,19,20,23). The second-order valence-corrected chi connectivity index (χ2v) is 6.23. The molecular formula is C18H27N3O2. The average Bonchev–Trinajstić information content (AvgIpc) is 2.86. The fourth-order valence-electron chi connectivity index (χ4n) is 2.96. The van der Waals surface area contributed by atoms with E-state index >= 15 is 0 Å². The predicted molar refractivity (Wildman–Crippen MR) is 91.2 cm³/mol. The van der Waals surface area contributed by atoms with Crippen LogP contribution >= 0.6 is 0 Å². The Balaban J connectivity index is 1.81. The summed E-state index contributed by atoms with van der Waals surface area (Å²) in [5.41, 5.74) is 1.28. The molecule has 1 saturated heterocycles. The maximum Gasteiger partial charge on any atom is 0.315 e. The summed E-state index contributed by atoms with van der Waals surface area (Å²) in [7, 11) is 1.77. The lowest BCUT2D eigenvalue weighted by molar-refractivity contribution is -0.128. The molecule has 1 heterocycles. The number of nitrogens with one attached hydrogen (secondary N) is 2. The van der Waals surface area contributed by atoms with E-state index < -0.39 is 0 Å². The quantitative estimate of drug-likeness (QED) is 0.811. The molecule has 2 atom stereocenters. The first-order chi connectivity index (χ1) is 11.1.